The van der Waals surface area contributed by atoms with Crippen molar-refractivity contribution in [1.29, 1.82) is 0 Å². The number of nitrogens with zero attached hydrogens (tertiary/aromatic N) is 4. The molecule has 6 aromatic rings. The van der Waals surface area contributed by atoms with Crippen LogP contribution < -0.4 is 4.90 Å². The standard InChI is InChI=1S/C36H24N4/c1-3-15-32-25(9-1)22-33(39-32)26-17-18-30-35(23-26)40(27-11-7-10-24(21-27)31-14-5-6-19-37-31)34-16-4-2-12-28(34)29-13-8-20-38-36(29)30/h1-21,23H,22H2. The molecule has 0 aliphatic carbocycles. The summed E-state index contributed by atoms with van der Waals surface area (Å²) in [6.07, 6.45) is 4.55. The molecule has 0 unspecified atom stereocenters. The molecule has 0 N–H and O–H groups in total. The molecular formula is C36H24N4. The van der Waals surface area contributed by atoms with Crippen LogP contribution in [0.2, 0.25) is 0 Å². The van der Waals surface area contributed by atoms with Gasteiger partial charge in [-0.15, -0.1) is 0 Å². The fourth-order valence-corrected chi connectivity index (χ4v) is 5.88. The van der Waals surface area contributed by atoms with Gasteiger partial charge in [0.15, 0.2) is 0 Å². The number of pyridine rings is 2. The van der Waals surface area contributed by atoms with Crippen molar-refractivity contribution in [2.75, 3.05) is 4.90 Å². The molecule has 4 heteroatoms. The number of benzene rings is 4. The highest BCUT2D eigenvalue weighted by Gasteiger charge is 2.28. The summed E-state index contributed by atoms with van der Waals surface area (Å²) in [6.45, 7) is 0. The van der Waals surface area contributed by atoms with Gasteiger partial charge >= 0.3 is 0 Å². The lowest BCUT2D eigenvalue weighted by Crippen LogP contribution is -2.12. The van der Waals surface area contributed by atoms with Crippen molar-refractivity contribution in [3.8, 4) is 33.6 Å². The fraction of sp³-hybridized carbons (Fsp3) is 0.0278. The number of aliphatic imine (C=N–C) groups is 1. The average Bonchev–Trinajstić information content (AvgIpc) is 3.42. The van der Waals surface area contributed by atoms with E-state index in [0.29, 0.717) is 0 Å². The molecule has 4 heterocycles. The van der Waals surface area contributed by atoms with Crippen LogP contribution >= 0.6 is 0 Å². The molecule has 0 bridgehead atoms. The lowest BCUT2D eigenvalue weighted by Gasteiger charge is -2.28. The number of hydrogen-bond donors (Lipinski definition) is 0. The van der Waals surface area contributed by atoms with Crippen molar-refractivity contribution in [3.05, 3.63) is 145 Å². The Morgan fingerprint density at radius 3 is 2.33 bits per heavy atom. The zero-order valence-electron chi connectivity index (χ0n) is 21.7. The number of rotatable bonds is 3. The first-order valence-electron chi connectivity index (χ1n) is 13.5. The van der Waals surface area contributed by atoms with E-state index in [0.717, 1.165) is 74.1 Å². The van der Waals surface area contributed by atoms with Gasteiger partial charge in [0.05, 0.1) is 34.2 Å². The molecular weight excluding hydrogens is 488 g/mol. The van der Waals surface area contributed by atoms with Crippen LogP contribution in [0, 0.1) is 0 Å². The van der Waals surface area contributed by atoms with Crippen molar-refractivity contribution < 1.29 is 0 Å². The number of hydrogen-bond acceptors (Lipinski definition) is 4. The minimum atomic E-state index is 0.829. The quantitative estimate of drug-likeness (QED) is 0.237. The van der Waals surface area contributed by atoms with E-state index in [1.165, 1.54) is 5.56 Å². The smallest absolute Gasteiger partial charge is 0.0802 e. The van der Waals surface area contributed by atoms with Crippen LogP contribution in [0.15, 0.2) is 139 Å². The van der Waals surface area contributed by atoms with E-state index in [9.17, 15) is 0 Å². The Morgan fingerprint density at radius 1 is 0.550 bits per heavy atom. The summed E-state index contributed by atoms with van der Waals surface area (Å²) in [6, 6.07) is 42.5. The van der Waals surface area contributed by atoms with E-state index in [2.05, 4.69) is 113 Å². The van der Waals surface area contributed by atoms with E-state index in [4.69, 9.17) is 9.98 Å². The largest absolute Gasteiger partial charge is 0.309 e. The Labute approximate surface area is 233 Å². The van der Waals surface area contributed by atoms with E-state index in [-0.39, 0.29) is 0 Å². The van der Waals surface area contributed by atoms with Crippen molar-refractivity contribution >= 4 is 28.5 Å². The molecule has 0 atom stereocenters. The third-order valence-electron chi connectivity index (χ3n) is 7.74. The van der Waals surface area contributed by atoms with Gasteiger partial charge in [0.1, 0.15) is 0 Å². The Kier molecular flexibility index (Phi) is 5.17. The van der Waals surface area contributed by atoms with Crippen LogP contribution in [0.3, 0.4) is 0 Å². The molecule has 2 aliphatic heterocycles. The zero-order valence-corrected chi connectivity index (χ0v) is 21.7. The van der Waals surface area contributed by atoms with Crippen molar-refractivity contribution in [2.24, 2.45) is 4.99 Å². The molecule has 0 fully saturated rings. The predicted octanol–water partition coefficient (Wildman–Crippen LogP) is 8.94. The van der Waals surface area contributed by atoms with Gasteiger partial charge in [-0.25, -0.2) is 0 Å². The maximum absolute atomic E-state index is 5.01. The zero-order chi connectivity index (χ0) is 26.5. The monoisotopic (exact) mass is 512 g/mol. The normalized spacial score (nSPS) is 13.0. The van der Waals surface area contributed by atoms with Crippen LogP contribution in [-0.2, 0) is 6.42 Å². The summed E-state index contributed by atoms with van der Waals surface area (Å²) in [5, 5.41) is 0. The first-order valence-corrected chi connectivity index (χ1v) is 13.5. The summed E-state index contributed by atoms with van der Waals surface area (Å²) < 4.78 is 0. The van der Waals surface area contributed by atoms with Gasteiger partial charge in [-0.3, -0.25) is 15.0 Å². The first-order chi connectivity index (χ1) is 19.8. The van der Waals surface area contributed by atoms with E-state index in [1.807, 2.05) is 30.6 Å². The molecule has 4 aromatic carbocycles. The lowest BCUT2D eigenvalue weighted by molar-refractivity contribution is 1.27. The summed E-state index contributed by atoms with van der Waals surface area (Å²) in [5.74, 6) is 0. The second-order valence-corrected chi connectivity index (χ2v) is 10.1. The summed E-state index contributed by atoms with van der Waals surface area (Å²) in [7, 11) is 0. The van der Waals surface area contributed by atoms with Crippen LogP contribution in [0.25, 0.3) is 33.6 Å². The molecule has 0 amide bonds. The van der Waals surface area contributed by atoms with E-state index >= 15 is 0 Å². The highest BCUT2D eigenvalue weighted by Crippen LogP contribution is 2.50. The molecule has 188 valence electrons. The van der Waals surface area contributed by atoms with Gasteiger partial charge in [0.25, 0.3) is 0 Å². The molecule has 8 rings (SSSR count). The van der Waals surface area contributed by atoms with Crippen LogP contribution in [0.5, 0.6) is 0 Å². The molecule has 0 radical (unpaired) electrons. The SMILES string of the molecule is c1ccc(-c2cccc(N3c4ccccc4-c4cccnc4-c4ccc(C5=Nc6ccccc6C5)cc43)c2)nc1. The second kappa shape index (κ2) is 9.14. The topological polar surface area (TPSA) is 41.4 Å². The maximum Gasteiger partial charge on any atom is 0.0802 e. The summed E-state index contributed by atoms with van der Waals surface area (Å²) in [5.41, 5.74) is 14.2. The number of para-hydroxylation sites is 2. The lowest BCUT2D eigenvalue weighted by atomic mass is 9.97. The Hall–Kier alpha value is -5.35. The number of fused-ring (bicyclic) bond motifs is 6. The minimum Gasteiger partial charge on any atom is -0.309 e. The number of aromatic nitrogens is 2. The summed E-state index contributed by atoms with van der Waals surface area (Å²) >= 11 is 0. The summed E-state index contributed by atoms with van der Waals surface area (Å²) in [4.78, 5) is 16.9. The van der Waals surface area contributed by atoms with E-state index in [1.54, 1.807) is 0 Å². The van der Waals surface area contributed by atoms with Crippen LogP contribution in [0.1, 0.15) is 11.1 Å². The van der Waals surface area contributed by atoms with Gasteiger partial charge in [-0.05, 0) is 59.7 Å². The highest BCUT2D eigenvalue weighted by atomic mass is 15.2. The van der Waals surface area contributed by atoms with Gasteiger partial charge in [0, 0.05) is 46.8 Å². The van der Waals surface area contributed by atoms with Gasteiger partial charge in [-0.1, -0.05) is 72.8 Å². The third kappa shape index (κ3) is 3.65. The molecule has 2 aliphatic rings. The first kappa shape index (κ1) is 22.6. The second-order valence-electron chi connectivity index (χ2n) is 10.1. The van der Waals surface area contributed by atoms with Gasteiger partial charge in [0.2, 0.25) is 0 Å². The molecule has 2 aromatic heterocycles. The Balaban J connectivity index is 1.37. The average molecular weight is 513 g/mol. The van der Waals surface area contributed by atoms with Crippen molar-refractivity contribution in [2.45, 2.75) is 6.42 Å². The molecule has 0 spiro atoms. The van der Waals surface area contributed by atoms with Crippen LogP contribution in [0.4, 0.5) is 22.7 Å². The Bertz CT molecular complexity index is 1940. The van der Waals surface area contributed by atoms with Gasteiger partial charge < -0.3 is 4.90 Å². The predicted molar refractivity (Wildman–Crippen MR) is 163 cm³/mol. The van der Waals surface area contributed by atoms with Crippen LogP contribution in [-0.4, -0.2) is 15.7 Å². The Morgan fingerprint density at radius 2 is 1.40 bits per heavy atom. The fourth-order valence-electron chi connectivity index (χ4n) is 5.88. The van der Waals surface area contributed by atoms with E-state index < -0.39 is 0 Å². The molecule has 0 saturated carbocycles. The highest BCUT2D eigenvalue weighted by molar-refractivity contribution is 6.09. The molecule has 0 saturated heterocycles. The third-order valence-corrected chi connectivity index (χ3v) is 7.74. The maximum atomic E-state index is 5.01. The molecule has 40 heavy (non-hydrogen) atoms. The minimum absolute atomic E-state index is 0.829. The van der Waals surface area contributed by atoms with Crippen molar-refractivity contribution in [3.63, 3.8) is 0 Å². The molecule has 4 nitrogen and oxygen atoms in total. The van der Waals surface area contributed by atoms with Gasteiger partial charge in [-0.2, -0.15) is 0 Å². The number of anilines is 3. The van der Waals surface area contributed by atoms with Crippen molar-refractivity contribution in [1.82, 2.24) is 9.97 Å².